The third-order valence-electron chi connectivity index (χ3n) is 3.95. The number of urea groups is 1. The lowest BCUT2D eigenvalue weighted by Gasteiger charge is -2.27. The first-order valence-electron chi connectivity index (χ1n) is 7.34. The minimum absolute atomic E-state index is 0.0482. The molecule has 2 unspecified atom stereocenters. The van der Waals surface area contributed by atoms with Gasteiger partial charge in [-0.05, 0) is 31.4 Å². The molecule has 1 saturated heterocycles. The van der Waals surface area contributed by atoms with Crippen LogP contribution in [0.3, 0.4) is 0 Å². The minimum Gasteiger partial charge on any atom is -0.496 e. The molecule has 0 bridgehead atoms. The summed E-state index contributed by atoms with van der Waals surface area (Å²) in [6.07, 6.45) is 1.65. The fourth-order valence-corrected chi connectivity index (χ4v) is 2.45. The maximum atomic E-state index is 12.2. The van der Waals surface area contributed by atoms with Crippen LogP contribution in [0.2, 0.25) is 0 Å². The summed E-state index contributed by atoms with van der Waals surface area (Å²) >= 11 is 0. The van der Waals surface area contributed by atoms with E-state index in [4.69, 9.17) is 9.47 Å². The van der Waals surface area contributed by atoms with E-state index in [9.17, 15) is 4.79 Å². The molecule has 0 saturated carbocycles. The number of carbonyl (C=O) groups is 1. The molecule has 0 aliphatic carbocycles. The molecule has 0 aromatic heterocycles. The predicted octanol–water partition coefficient (Wildman–Crippen LogP) is 2.06. The van der Waals surface area contributed by atoms with Crippen LogP contribution in [0.5, 0.6) is 5.75 Å². The Kier molecular flexibility index (Phi) is 5.44. The number of ether oxygens (including phenoxy) is 2. The van der Waals surface area contributed by atoms with Gasteiger partial charge in [0.25, 0.3) is 0 Å². The van der Waals surface area contributed by atoms with E-state index in [1.807, 2.05) is 38.2 Å². The minimum atomic E-state index is -0.0482. The number of benzene rings is 1. The van der Waals surface area contributed by atoms with Crippen LogP contribution in [0, 0.1) is 0 Å². The van der Waals surface area contributed by atoms with Crippen molar-refractivity contribution in [3.8, 4) is 5.75 Å². The van der Waals surface area contributed by atoms with Crippen molar-refractivity contribution in [1.82, 2.24) is 10.2 Å². The molecule has 1 aromatic rings. The predicted molar refractivity (Wildman–Crippen MR) is 81.7 cm³/mol. The lowest BCUT2D eigenvalue weighted by atomic mass is 10.1. The quantitative estimate of drug-likeness (QED) is 0.903. The van der Waals surface area contributed by atoms with Crippen LogP contribution in [-0.4, -0.2) is 50.4 Å². The van der Waals surface area contributed by atoms with Crippen molar-refractivity contribution >= 4 is 6.03 Å². The van der Waals surface area contributed by atoms with E-state index in [1.165, 1.54) is 0 Å². The zero-order valence-electron chi connectivity index (χ0n) is 13.0. The summed E-state index contributed by atoms with van der Waals surface area (Å²) in [4.78, 5) is 14.0. The molecular weight excluding hydrogens is 268 g/mol. The van der Waals surface area contributed by atoms with Crippen molar-refractivity contribution in [2.24, 2.45) is 0 Å². The molecule has 2 amide bonds. The molecule has 1 aliphatic heterocycles. The first-order valence-corrected chi connectivity index (χ1v) is 7.34. The molecule has 2 rings (SSSR count). The molecule has 0 spiro atoms. The van der Waals surface area contributed by atoms with Crippen LogP contribution in [0.15, 0.2) is 24.3 Å². The highest BCUT2D eigenvalue weighted by atomic mass is 16.5. The molecular formula is C16H24N2O3. The number of hydrogen-bond acceptors (Lipinski definition) is 3. The van der Waals surface area contributed by atoms with E-state index in [2.05, 4.69) is 5.32 Å². The number of nitrogens with zero attached hydrogens (tertiary/aromatic N) is 1. The Morgan fingerprint density at radius 2 is 2.29 bits per heavy atom. The van der Waals surface area contributed by atoms with Crippen molar-refractivity contribution in [2.45, 2.75) is 31.8 Å². The third kappa shape index (κ3) is 4.11. The fraction of sp³-hybridized carbons (Fsp3) is 0.562. The van der Waals surface area contributed by atoms with Gasteiger partial charge in [-0.15, -0.1) is 0 Å². The summed E-state index contributed by atoms with van der Waals surface area (Å²) in [5.74, 6) is 0.863. The molecule has 1 heterocycles. The monoisotopic (exact) mass is 292 g/mol. The lowest BCUT2D eigenvalue weighted by Crippen LogP contribution is -2.47. The van der Waals surface area contributed by atoms with Crippen LogP contribution in [0.4, 0.5) is 4.79 Å². The number of carbonyl (C=O) groups excluding carboxylic acids is 1. The standard InChI is InChI=1S/C16H24N2O3/c1-12(10-13-6-4-5-7-15(13)20-3)18(2)16(19)17-14-8-9-21-11-14/h4-7,12,14H,8-11H2,1-3H3,(H,17,19). The largest absolute Gasteiger partial charge is 0.496 e. The average Bonchev–Trinajstić information content (AvgIpc) is 2.99. The number of amides is 2. The van der Waals surface area contributed by atoms with Gasteiger partial charge in [0.1, 0.15) is 5.75 Å². The normalized spacial score (nSPS) is 19.1. The molecule has 21 heavy (non-hydrogen) atoms. The molecule has 2 atom stereocenters. The summed E-state index contributed by atoms with van der Waals surface area (Å²) in [6, 6.07) is 8.09. The van der Waals surface area contributed by atoms with Gasteiger partial charge in [-0.3, -0.25) is 0 Å². The summed E-state index contributed by atoms with van der Waals surface area (Å²) in [7, 11) is 3.49. The Bertz CT molecular complexity index is 472. The van der Waals surface area contributed by atoms with Gasteiger partial charge in [-0.1, -0.05) is 18.2 Å². The van der Waals surface area contributed by atoms with Crippen molar-refractivity contribution in [3.05, 3.63) is 29.8 Å². The molecule has 1 aromatic carbocycles. The van der Waals surface area contributed by atoms with Gasteiger partial charge >= 0.3 is 6.03 Å². The topological polar surface area (TPSA) is 50.8 Å². The summed E-state index contributed by atoms with van der Waals surface area (Å²) in [5, 5.41) is 3.00. The van der Waals surface area contributed by atoms with Gasteiger partial charge in [-0.2, -0.15) is 0 Å². The van der Waals surface area contributed by atoms with Gasteiger partial charge in [0.15, 0.2) is 0 Å². The highest BCUT2D eigenvalue weighted by Gasteiger charge is 2.22. The highest BCUT2D eigenvalue weighted by Crippen LogP contribution is 2.20. The number of rotatable bonds is 5. The van der Waals surface area contributed by atoms with E-state index in [0.29, 0.717) is 6.61 Å². The second-order valence-electron chi connectivity index (χ2n) is 5.49. The molecule has 1 fully saturated rings. The Morgan fingerprint density at radius 1 is 1.52 bits per heavy atom. The Morgan fingerprint density at radius 3 is 2.95 bits per heavy atom. The number of para-hydroxylation sites is 1. The van der Waals surface area contributed by atoms with Crippen LogP contribution in [0.1, 0.15) is 18.9 Å². The highest BCUT2D eigenvalue weighted by molar-refractivity contribution is 5.74. The van der Waals surface area contributed by atoms with Crippen molar-refractivity contribution in [2.75, 3.05) is 27.4 Å². The van der Waals surface area contributed by atoms with Gasteiger partial charge in [-0.25, -0.2) is 4.79 Å². The zero-order valence-corrected chi connectivity index (χ0v) is 13.0. The summed E-state index contributed by atoms with van der Waals surface area (Å²) in [5.41, 5.74) is 1.11. The maximum Gasteiger partial charge on any atom is 0.317 e. The van der Waals surface area contributed by atoms with E-state index < -0.39 is 0 Å². The van der Waals surface area contributed by atoms with Crippen LogP contribution < -0.4 is 10.1 Å². The van der Waals surface area contributed by atoms with Crippen LogP contribution in [-0.2, 0) is 11.2 Å². The van der Waals surface area contributed by atoms with Crippen molar-refractivity contribution in [3.63, 3.8) is 0 Å². The SMILES string of the molecule is COc1ccccc1CC(C)N(C)C(=O)NC1CCOC1. The van der Waals surface area contributed by atoms with E-state index in [-0.39, 0.29) is 18.1 Å². The van der Waals surface area contributed by atoms with Crippen molar-refractivity contribution in [1.29, 1.82) is 0 Å². The molecule has 1 aliphatic rings. The molecule has 5 nitrogen and oxygen atoms in total. The molecule has 5 heteroatoms. The summed E-state index contributed by atoms with van der Waals surface area (Å²) in [6.45, 7) is 3.38. The van der Waals surface area contributed by atoms with E-state index in [0.717, 1.165) is 30.8 Å². The average molecular weight is 292 g/mol. The van der Waals surface area contributed by atoms with E-state index >= 15 is 0 Å². The fourth-order valence-electron chi connectivity index (χ4n) is 2.45. The van der Waals surface area contributed by atoms with Crippen LogP contribution >= 0.6 is 0 Å². The zero-order chi connectivity index (χ0) is 15.2. The number of methoxy groups -OCH3 is 1. The van der Waals surface area contributed by atoms with Crippen LogP contribution in [0.25, 0.3) is 0 Å². The number of nitrogens with one attached hydrogen (secondary N) is 1. The van der Waals surface area contributed by atoms with Gasteiger partial charge in [0, 0.05) is 19.7 Å². The maximum absolute atomic E-state index is 12.2. The van der Waals surface area contributed by atoms with Gasteiger partial charge in [0.05, 0.1) is 19.8 Å². The first-order chi connectivity index (χ1) is 10.1. The Balaban J connectivity index is 1.92. The van der Waals surface area contributed by atoms with Crippen molar-refractivity contribution < 1.29 is 14.3 Å². The Labute approximate surface area is 126 Å². The lowest BCUT2D eigenvalue weighted by molar-refractivity contribution is 0.175. The summed E-state index contributed by atoms with van der Waals surface area (Å²) < 4.78 is 10.6. The molecule has 0 radical (unpaired) electrons. The van der Waals surface area contributed by atoms with Gasteiger partial charge in [0.2, 0.25) is 0 Å². The second-order valence-corrected chi connectivity index (χ2v) is 5.49. The second kappa shape index (κ2) is 7.31. The molecule has 116 valence electrons. The third-order valence-corrected chi connectivity index (χ3v) is 3.95. The number of hydrogen-bond donors (Lipinski definition) is 1. The Hall–Kier alpha value is -1.75. The smallest absolute Gasteiger partial charge is 0.317 e. The van der Waals surface area contributed by atoms with E-state index in [1.54, 1.807) is 12.0 Å². The first kappa shape index (κ1) is 15.6. The number of likely N-dealkylation sites (N-methyl/N-ethyl adjacent to an activating group) is 1. The van der Waals surface area contributed by atoms with Gasteiger partial charge < -0.3 is 19.7 Å². The molecule has 1 N–H and O–H groups in total.